The Hall–Kier alpha value is -7.26. The van der Waals surface area contributed by atoms with Crippen LogP contribution in [0.2, 0.25) is 0 Å². The predicted octanol–water partition coefficient (Wildman–Crippen LogP) is 16.4. The zero-order valence-corrected chi connectivity index (χ0v) is 35.4. The number of hydrogen-bond acceptors (Lipinski definition) is 2. The molecule has 0 aliphatic heterocycles. The summed E-state index contributed by atoms with van der Waals surface area (Å²) in [5, 5.41) is 1.34. The molecule has 0 saturated heterocycles. The molecule has 2 heteroatoms. The molecule has 3 aliphatic carbocycles. The van der Waals surface area contributed by atoms with Crippen molar-refractivity contribution in [2.75, 3.05) is 4.90 Å². The Morgan fingerprint density at radius 1 is 0.371 bits per heavy atom. The van der Waals surface area contributed by atoms with E-state index in [-0.39, 0.29) is 10.8 Å². The van der Waals surface area contributed by atoms with E-state index in [1.54, 1.807) is 0 Å². The minimum absolute atomic E-state index is 0.119. The molecule has 0 saturated carbocycles. The van der Waals surface area contributed by atoms with Crippen LogP contribution in [0.15, 0.2) is 212 Å². The highest BCUT2D eigenvalue weighted by molar-refractivity contribution is 7.20. The Labute approximate surface area is 366 Å². The maximum Gasteiger partial charge on any atom is 0.0819 e. The summed E-state index contributed by atoms with van der Waals surface area (Å²) >= 11 is 1.97. The molecule has 1 aromatic heterocycles. The average molecular weight is 808 g/mol. The summed E-state index contributed by atoms with van der Waals surface area (Å²) in [6.07, 6.45) is 0. The number of benzene rings is 9. The molecule has 0 bridgehead atoms. The van der Waals surface area contributed by atoms with Crippen LogP contribution in [0.1, 0.15) is 46.5 Å². The molecule has 0 amide bonds. The van der Waals surface area contributed by atoms with Crippen molar-refractivity contribution in [3.05, 3.63) is 245 Å². The number of fused-ring (bicyclic) bond motifs is 15. The van der Waals surface area contributed by atoms with Crippen molar-refractivity contribution >= 4 is 38.5 Å². The summed E-state index contributed by atoms with van der Waals surface area (Å²) in [5.41, 5.74) is 22.7. The standard InChI is InChI=1S/C60H41NS/c1-59(2)49-25-11-6-20-44(49)47-36-35-41(37-53(47)59)61(54-29-14-9-19-42(54)38-17-4-3-5-18-38)40-33-31-39(32-34-40)43-24-16-28-52-56(43)57-48-23-10-15-30-55(48)62-58(57)60(52)50-26-12-7-21-45(50)46-22-8-13-27-51(46)60/h3-37H,1-2H3. The van der Waals surface area contributed by atoms with Gasteiger partial charge in [-0.2, -0.15) is 0 Å². The van der Waals surface area contributed by atoms with Crippen molar-refractivity contribution in [2.45, 2.75) is 24.7 Å². The molecule has 10 aromatic rings. The van der Waals surface area contributed by atoms with Gasteiger partial charge < -0.3 is 4.90 Å². The Bertz CT molecular complexity index is 3400. The predicted molar refractivity (Wildman–Crippen MR) is 261 cm³/mol. The van der Waals surface area contributed by atoms with E-state index in [9.17, 15) is 0 Å². The Morgan fingerprint density at radius 3 is 1.65 bits per heavy atom. The number of anilines is 3. The summed E-state index contributed by atoms with van der Waals surface area (Å²) in [5.74, 6) is 0. The van der Waals surface area contributed by atoms with Crippen molar-refractivity contribution in [3.8, 4) is 55.6 Å². The molecule has 0 radical (unpaired) electrons. The fraction of sp³-hybridized carbons (Fsp3) is 0.0667. The number of hydrogen-bond donors (Lipinski definition) is 0. The number of rotatable bonds is 5. The smallest absolute Gasteiger partial charge is 0.0819 e. The van der Waals surface area contributed by atoms with Gasteiger partial charge in [-0.1, -0.05) is 190 Å². The Kier molecular flexibility index (Phi) is 7.51. The van der Waals surface area contributed by atoms with Crippen molar-refractivity contribution < 1.29 is 0 Å². The van der Waals surface area contributed by atoms with Gasteiger partial charge in [-0.15, -0.1) is 11.3 Å². The normalized spacial score (nSPS) is 14.2. The molecule has 1 nitrogen and oxygen atoms in total. The van der Waals surface area contributed by atoms with E-state index in [2.05, 4.69) is 231 Å². The quantitative estimate of drug-likeness (QED) is 0.167. The molecule has 62 heavy (non-hydrogen) atoms. The van der Waals surface area contributed by atoms with Crippen LogP contribution >= 0.6 is 11.3 Å². The van der Waals surface area contributed by atoms with Gasteiger partial charge in [0.05, 0.1) is 11.1 Å². The highest BCUT2D eigenvalue weighted by Crippen LogP contribution is 2.67. The fourth-order valence-corrected chi connectivity index (χ4v) is 12.8. The molecular weight excluding hydrogens is 767 g/mol. The molecule has 9 aromatic carbocycles. The van der Waals surface area contributed by atoms with Gasteiger partial charge in [-0.05, 0) is 109 Å². The summed E-state index contributed by atoms with van der Waals surface area (Å²) in [7, 11) is 0. The molecule has 0 fully saturated rings. The van der Waals surface area contributed by atoms with E-state index in [0.717, 1.165) is 17.1 Å². The van der Waals surface area contributed by atoms with Crippen LogP contribution in [-0.2, 0) is 10.8 Å². The molecule has 3 aliphatic rings. The topological polar surface area (TPSA) is 3.24 Å². The lowest BCUT2D eigenvalue weighted by atomic mass is 9.73. The summed E-state index contributed by atoms with van der Waals surface area (Å²) in [6.45, 7) is 4.73. The SMILES string of the molecule is CC1(C)c2ccccc2-c2ccc(N(c3ccc(-c4cccc5c4-c4c(sc6ccccc46)C54c5ccccc5-c5ccccc54)cc3)c3ccccc3-c3ccccc3)cc21. The first-order valence-electron chi connectivity index (χ1n) is 21.7. The highest BCUT2D eigenvalue weighted by atomic mass is 32.1. The lowest BCUT2D eigenvalue weighted by Crippen LogP contribution is -2.24. The van der Waals surface area contributed by atoms with Crippen molar-refractivity contribution in [1.29, 1.82) is 0 Å². The minimum atomic E-state index is -0.379. The molecule has 13 rings (SSSR count). The molecule has 292 valence electrons. The number of nitrogens with zero attached hydrogens (tertiary/aromatic N) is 1. The third-order valence-electron chi connectivity index (χ3n) is 14.1. The van der Waals surface area contributed by atoms with Gasteiger partial charge in [0.15, 0.2) is 0 Å². The molecular formula is C60H41NS. The number of para-hydroxylation sites is 1. The van der Waals surface area contributed by atoms with Crippen LogP contribution in [0.5, 0.6) is 0 Å². The van der Waals surface area contributed by atoms with Crippen molar-refractivity contribution in [2.24, 2.45) is 0 Å². The van der Waals surface area contributed by atoms with E-state index in [0.29, 0.717) is 0 Å². The lowest BCUT2D eigenvalue weighted by Gasteiger charge is -2.30. The molecule has 1 heterocycles. The average Bonchev–Trinajstić information content (AvgIpc) is 4.02. The third-order valence-corrected chi connectivity index (χ3v) is 15.4. The van der Waals surface area contributed by atoms with Crippen molar-refractivity contribution in [1.82, 2.24) is 0 Å². The van der Waals surface area contributed by atoms with Gasteiger partial charge in [0.2, 0.25) is 0 Å². The zero-order valence-electron chi connectivity index (χ0n) is 34.6. The second-order valence-electron chi connectivity index (χ2n) is 17.5. The van der Waals surface area contributed by atoms with E-state index >= 15 is 0 Å². The van der Waals surface area contributed by atoms with E-state index in [4.69, 9.17) is 0 Å². The van der Waals surface area contributed by atoms with Crippen molar-refractivity contribution in [3.63, 3.8) is 0 Å². The highest BCUT2D eigenvalue weighted by Gasteiger charge is 2.53. The van der Waals surface area contributed by atoms with Gasteiger partial charge in [-0.25, -0.2) is 0 Å². The van der Waals surface area contributed by atoms with Crippen LogP contribution < -0.4 is 4.90 Å². The lowest BCUT2D eigenvalue weighted by molar-refractivity contribution is 0.660. The van der Waals surface area contributed by atoms with Gasteiger partial charge >= 0.3 is 0 Å². The maximum absolute atomic E-state index is 2.47. The minimum Gasteiger partial charge on any atom is -0.310 e. The maximum atomic E-state index is 2.47. The van der Waals surface area contributed by atoms with Gasteiger partial charge in [0.1, 0.15) is 0 Å². The number of thiophene rings is 1. The van der Waals surface area contributed by atoms with Crippen LogP contribution in [0.4, 0.5) is 17.1 Å². The first kappa shape index (κ1) is 35.5. The van der Waals surface area contributed by atoms with Gasteiger partial charge in [0.25, 0.3) is 0 Å². The van der Waals surface area contributed by atoms with Crippen LogP contribution in [0.25, 0.3) is 65.7 Å². The monoisotopic (exact) mass is 807 g/mol. The fourth-order valence-electron chi connectivity index (χ4n) is 11.4. The van der Waals surface area contributed by atoms with Crippen LogP contribution in [0, 0.1) is 0 Å². The summed E-state index contributed by atoms with van der Waals surface area (Å²) in [6, 6.07) is 79.3. The third kappa shape index (κ3) is 4.73. The second kappa shape index (κ2) is 13.1. The van der Waals surface area contributed by atoms with Gasteiger partial charge in [0, 0.05) is 42.9 Å². The molecule has 0 atom stereocenters. The zero-order chi connectivity index (χ0) is 41.2. The summed E-state index contributed by atoms with van der Waals surface area (Å²) in [4.78, 5) is 3.90. The Morgan fingerprint density at radius 2 is 0.903 bits per heavy atom. The van der Waals surface area contributed by atoms with Crippen LogP contribution in [-0.4, -0.2) is 0 Å². The van der Waals surface area contributed by atoms with E-state index in [1.807, 2.05) is 11.3 Å². The van der Waals surface area contributed by atoms with Crippen LogP contribution in [0.3, 0.4) is 0 Å². The Balaban J connectivity index is 1.01. The first-order chi connectivity index (χ1) is 30.5. The molecule has 1 spiro atoms. The largest absolute Gasteiger partial charge is 0.310 e. The first-order valence-corrected chi connectivity index (χ1v) is 22.5. The van der Waals surface area contributed by atoms with Gasteiger partial charge in [-0.3, -0.25) is 0 Å². The van der Waals surface area contributed by atoms with E-state index < -0.39 is 0 Å². The van der Waals surface area contributed by atoms with E-state index in [1.165, 1.54) is 98.4 Å². The summed E-state index contributed by atoms with van der Waals surface area (Å²) < 4.78 is 1.34. The molecule has 0 unspecified atom stereocenters. The second-order valence-corrected chi connectivity index (χ2v) is 18.6. The molecule has 0 N–H and O–H groups in total.